The number of piperidine rings is 1. The topological polar surface area (TPSA) is 12.5 Å². The Morgan fingerprint density at radius 3 is 1.96 bits per heavy atom. The first kappa shape index (κ1) is 20.7. The van der Waals surface area contributed by atoms with E-state index < -0.39 is 11.7 Å². The maximum atomic E-state index is 12.8. The molecule has 2 heterocycles. The first-order valence-electron chi connectivity index (χ1n) is 10.2. The Morgan fingerprint density at radius 1 is 0.889 bits per heavy atom. The Labute approximate surface area is 161 Å². The van der Waals surface area contributed by atoms with Crippen LogP contribution in [0.15, 0.2) is 24.3 Å². The fourth-order valence-electron chi connectivity index (χ4n) is 4.53. The highest BCUT2D eigenvalue weighted by atomic mass is 19.4. The predicted octanol–water partition coefficient (Wildman–Crippen LogP) is 5.51. The highest BCUT2D eigenvalue weighted by molar-refractivity contribution is 5.29. The molecule has 5 heteroatoms. The van der Waals surface area contributed by atoms with Crippen molar-refractivity contribution in [3.05, 3.63) is 35.4 Å². The third-order valence-corrected chi connectivity index (χ3v) is 6.61. The average molecular weight is 383 g/mol. The highest BCUT2D eigenvalue weighted by Crippen LogP contribution is 2.34. The van der Waals surface area contributed by atoms with Gasteiger partial charge in [0.1, 0.15) is 0 Å². The van der Waals surface area contributed by atoms with Crippen LogP contribution in [0.25, 0.3) is 0 Å². The second-order valence-electron chi connectivity index (χ2n) is 8.84. The summed E-state index contributed by atoms with van der Waals surface area (Å²) < 4.78 is 43.8. The minimum absolute atomic E-state index is 0.123. The van der Waals surface area contributed by atoms with Gasteiger partial charge in [-0.3, -0.25) is 0 Å². The summed E-state index contributed by atoms with van der Waals surface area (Å²) in [7, 11) is 0. The number of rotatable bonds is 5. The zero-order valence-electron chi connectivity index (χ0n) is 16.5. The number of hydrogen-bond acceptors (Lipinski definition) is 2. The fourth-order valence-corrected chi connectivity index (χ4v) is 4.53. The largest absolute Gasteiger partial charge is 0.416 e. The molecule has 1 aromatic rings. The van der Waals surface area contributed by atoms with Crippen molar-refractivity contribution in [3.8, 4) is 0 Å². The number of hydrogen-bond donors (Lipinski definition) is 0. The molecule has 0 bridgehead atoms. The quantitative estimate of drug-likeness (QED) is 0.665. The minimum Gasteiger partial charge on any atom is -0.381 e. The molecule has 2 nitrogen and oxygen atoms in total. The molecule has 2 aliphatic rings. The van der Waals surface area contributed by atoms with Crippen LogP contribution in [0.3, 0.4) is 0 Å². The number of likely N-dealkylation sites (tertiary alicyclic amines) is 1. The van der Waals surface area contributed by atoms with Gasteiger partial charge in [-0.2, -0.15) is 13.2 Å². The third kappa shape index (κ3) is 5.47. The Bertz CT molecular complexity index is 583. The van der Waals surface area contributed by atoms with Crippen LogP contribution >= 0.6 is 0 Å². The molecule has 3 rings (SSSR count). The molecule has 2 fully saturated rings. The molecule has 0 aromatic heterocycles. The van der Waals surface area contributed by atoms with E-state index in [9.17, 15) is 13.2 Å². The number of ether oxygens (including phenoxy) is 1. The maximum absolute atomic E-state index is 12.8. The molecular weight excluding hydrogens is 351 g/mol. The van der Waals surface area contributed by atoms with Crippen molar-refractivity contribution in [2.24, 2.45) is 11.8 Å². The predicted molar refractivity (Wildman–Crippen MR) is 102 cm³/mol. The van der Waals surface area contributed by atoms with Gasteiger partial charge in [0.2, 0.25) is 0 Å². The van der Waals surface area contributed by atoms with Gasteiger partial charge in [0.25, 0.3) is 0 Å². The van der Waals surface area contributed by atoms with Crippen LogP contribution in [0.4, 0.5) is 13.2 Å². The smallest absolute Gasteiger partial charge is 0.381 e. The monoisotopic (exact) mass is 383 g/mol. The van der Waals surface area contributed by atoms with Crippen LogP contribution in [0.5, 0.6) is 0 Å². The Kier molecular flexibility index (Phi) is 6.52. The zero-order chi connectivity index (χ0) is 19.5. The molecule has 1 aromatic carbocycles. The van der Waals surface area contributed by atoms with Crippen LogP contribution in [0.2, 0.25) is 0 Å². The molecule has 27 heavy (non-hydrogen) atoms. The molecule has 2 saturated heterocycles. The van der Waals surface area contributed by atoms with Crippen LogP contribution in [0.1, 0.15) is 57.1 Å². The molecule has 0 atom stereocenters. The molecule has 0 N–H and O–H groups in total. The van der Waals surface area contributed by atoms with Crippen molar-refractivity contribution >= 4 is 0 Å². The van der Waals surface area contributed by atoms with Gasteiger partial charge >= 0.3 is 6.18 Å². The van der Waals surface area contributed by atoms with E-state index >= 15 is 0 Å². The summed E-state index contributed by atoms with van der Waals surface area (Å²) in [6.07, 6.45) is 1.66. The summed E-state index contributed by atoms with van der Waals surface area (Å²) in [5.41, 5.74) is 0.284. The summed E-state index contributed by atoms with van der Waals surface area (Å²) in [6, 6.07) is 5.69. The lowest BCUT2D eigenvalue weighted by atomic mass is 9.79. The van der Waals surface area contributed by atoms with Gasteiger partial charge in [-0.25, -0.2) is 0 Å². The Balaban J connectivity index is 1.47. The maximum Gasteiger partial charge on any atom is 0.416 e. The van der Waals surface area contributed by atoms with Crippen molar-refractivity contribution in [3.63, 3.8) is 0 Å². The van der Waals surface area contributed by atoms with E-state index in [1.54, 1.807) is 12.1 Å². The lowest BCUT2D eigenvalue weighted by Gasteiger charge is -2.38. The summed E-state index contributed by atoms with van der Waals surface area (Å²) in [5, 5.41) is 0. The number of halogens is 3. The normalized spacial score (nSPS) is 21.5. The van der Waals surface area contributed by atoms with E-state index in [0.717, 1.165) is 56.7 Å². The van der Waals surface area contributed by atoms with Crippen LogP contribution in [0, 0.1) is 11.8 Å². The minimum atomic E-state index is -4.27. The van der Waals surface area contributed by atoms with E-state index in [4.69, 9.17) is 4.74 Å². The van der Waals surface area contributed by atoms with Crippen molar-refractivity contribution in [2.45, 2.75) is 57.5 Å². The van der Waals surface area contributed by atoms with Gasteiger partial charge in [0, 0.05) is 13.2 Å². The third-order valence-electron chi connectivity index (χ3n) is 6.61. The number of benzene rings is 1. The molecule has 0 spiro atoms. The molecule has 0 radical (unpaired) electrons. The van der Waals surface area contributed by atoms with Crippen molar-refractivity contribution in [1.82, 2.24) is 4.90 Å². The Morgan fingerprint density at radius 2 is 1.41 bits per heavy atom. The molecule has 0 amide bonds. The summed E-state index contributed by atoms with van der Waals surface area (Å²) >= 11 is 0. The SMILES string of the molecule is CC(C)(CCN1CCC(C2CCOCC2)CC1)c1ccc(C(F)(F)F)cc1. The van der Waals surface area contributed by atoms with Crippen molar-refractivity contribution in [1.29, 1.82) is 0 Å². The van der Waals surface area contributed by atoms with Crippen LogP contribution in [-0.2, 0) is 16.3 Å². The summed E-state index contributed by atoms with van der Waals surface area (Å²) in [5.74, 6) is 1.68. The second kappa shape index (κ2) is 8.52. The molecule has 0 aliphatic carbocycles. The lowest BCUT2D eigenvalue weighted by molar-refractivity contribution is -0.137. The first-order chi connectivity index (χ1) is 12.8. The van der Waals surface area contributed by atoms with Gasteiger partial charge in [-0.15, -0.1) is 0 Å². The molecule has 0 saturated carbocycles. The van der Waals surface area contributed by atoms with E-state index in [2.05, 4.69) is 18.7 Å². The van der Waals surface area contributed by atoms with E-state index in [1.165, 1.54) is 37.8 Å². The van der Waals surface area contributed by atoms with Gasteiger partial charge in [-0.1, -0.05) is 26.0 Å². The van der Waals surface area contributed by atoms with Gasteiger partial charge < -0.3 is 9.64 Å². The van der Waals surface area contributed by atoms with E-state index in [1.807, 2.05) is 0 Å². The van der Waals surface area contributed by atoms with E-state index in [-0.39, 0.29) is 5.41 Å². The Hall–Kier alpha value is -1.07. The fraction of sp³-hybridized carbons (Fsp3) is 0.727. The highest BCUT2D eigenvalue weighted by Gasteiger charge is 2.32. The first-order valence-corrected chi connectivity index (χ1v) is 10.2. The molecular formula is C22H32F3NO. The molecule has 2 aliphatic heterocycles. The standard InChI is InChI=1S/C22H32F3NO/c1-21(2,19-3-5-20(6-4-19)22(23,24)25)11-14-26-12-7-17(8-13-26)18-9-15-27-16-10-18/h3-6,17-18H,7-16H2,1-2H3. The summed E-state index contributed by atoms with van der Waals surface area (Å²) in [6.45, 7) is 9.40. The summed E-state index contributed by atoms with van der Waals surface area (Å²) in [4.78, 5) is 2.53. The average Bonchev–Trinajstić information content (AvgIpc) is 2.67. The van der Waals surface area contributed by atoms with Gasteiger partial charge in [-0.05, 0) is 86.7 Å². The van der Waals surface area contributed by atoms with E-state index in [0.29, 0.717) is 0 Å². The van der Waals surface area contributed by atoms with Crippen LogP contribution < -0.4 is 0 Å². The van der Waals surface area contributed by atoms with Crippen LogP contribution in [-0.4, -0.2) is 37.7 Å². The lowest BCUT2D eigenvalue weighted by Crippen LogP contribution is -2.39. The number of nitrogens with zero attached hydrogens (tertiary/aromatic N) is 1. The number of alkyl halides is 3. The van der Waals surface area contributed by atoms with Crippen molar-refractivity contribution < 1.29 is 17.9 Å². The van der Waals surface area contributed by atoms with Gasteiger partial charge in [0.05, 0.1) is 5.56 Å². The van der Waals surface area contributed by atoms with Crippen molar-refractivity contribution in [2.75, 3.05) is 32.8 Å². The molecule has 152 valence electrons. The molecule has 0 unspecified atom stereocenters. The zero-order valence-corrected chi connectivity index (χ0v) is 16.5. The van der Waals surface area contributed by atoms with Gasteiger partial charge in [0.15, 0.2) is 0 Å². The second-order valence-corrected chi connectivity index (χ2v) is 8.84.